The Bertz CT molecular complexity index is 2280. The summed E-state index contributed by atoms with van der Waals surface area (Å²) in [5.74, 6) is -5.45. The molecule has 3 aliphatic carbocycles. The zero-order valence-electron chi connectivity index (χ0n) is 35.5. The van der Waals surface area contributed by atoms with Crippen molar-refractivity contribution in [2.45, 2.75) is 108 Å². The lowest BCUT2D eigenvalue weighted by Gasteiger charge is -2.67. The summed E-state index contributed by atoms with van der Waals surface area (Å²) in [5, 5.41) is 40.4. The second kappa shape index (κ2) is 16.6. The van der Waals surface area contributed by atoms with Crippen LogP contribution >= 0.6 is 0 Å². The van der Waals surface area contributed by atoms with Gasteiger partial charge in [0.15, 0.2) is 23.6 Å². The molecule has 1 aliphatic heterocycles. The van der Waals surface area contributed by atoms with E-state index in [2.05, 4.69) is 11.9 Å². The van der Waals surface area contributed by atoms with E-state index >= 15 is 4.79 Å². The molecular formula is C48H53NO13. The molecule has 14 heteroatoms. The van der Waals surface area contributed by atoms with Crippen LogP contribution in [0.2, 0.25) is 0 Å². The van der Waals surface area contributed by atoms with Gasteiger partial charge in [-0.05, 0) is 61.7 Å². The van der Waals surface area contributed by atoms with Crippen LogP contribution < -0.4 is 5.32 Å². The Morgan fingerprint density at radius 3 is 2.00 bits per heavy atom. The number of aliphatic hydroxyl groups excluding tert-OH is 2. The first-order chi connectivity index (χ1) is 29.3. The van der Waals surface area contributed by atoms with E-state index in [1.165, 1.54) is 19.1 Å². The van der Waals surface area contributed by atoms with Gasteiger partial charge in [0.05, 0.1) is 41.4 Å². The van der Waals surface area contributed by atoms with E-state index in [4.69, 9.17) is 23.7 Å². The Balaban J connectivity index is 1.39. The number of carbonyl (C=O) groups is 5. The van der Waals surface area contributed by atoms with Gasteiger partial charge in [0.2, 0.25) is 0 Å². The second-order valence-corrected chi connectivity index (χ2v) is 17.6. The predicted octanol–water partition coefficient (Wildman–Crippen LogP) is 4.72. The Labute approximate surface area is 359 Å². The van der Waals surface area contributed by atoms with Crippen molar-refractivity contribution >= 4 is 29.6 Å². The summed E-state index contributed by atoms with van der Waals surface area (Å²) in [6.45, 7) is 12.8. The van der Waals surface area contributed by atoms with E-state index < -0.39 is 107 Å². The Morgan fingerprint density at radius 1 is 0.871 bits per heavy atom. The van der Waals surface area contributed by atoms with Gasteiger partial charge in [0.1, 0.15) is 23.9 Å². The van der Waals surface area contributed by atoms with Gasteiger partial charge < -0.3 is 44.3 Å². The largest absolute Gasteiger partial charge is 0.487 e. The summed E-state index contributed by atoms with van der Waals surface area (Å²) >= 11 is 0. The molecule has 328 valence electrons. The normalized spacial score (nSPS) is 31.9. The van der Waals surface area contributed by atoms with E-state index in [1.807, 2.05) is 0 Å². The second-order valence-electron chi connectivity index (χ2n) is 17.6. The number of allylic oxidation sites excluding steroid dienone is 1. The summed E-state index contributed by atoms with van der Waals surface area (Å²) < 4.78 is 31.0. The number of ketones is 1. The fourth-order valence-electron chi connectivity index (χ4n) is 10.2. The first-order valence-electron chi connectivity index (χ1n) is 20.6. The molecule has 3 aromatic rings. The van der Waals surface area contributed by atoms with Gasteiger partial charge in [-0.1, -0.05) is 87.2 Å². The molecule has 1 saturated heterocycles. The zero-order valence-corrected chi connectivity index (χ0v) is 35.5. The third kappa shape index (κ3) is 7.32. The molecule has 4 aliphatic rings. The third-order valence-electron chi connectivity index (χ3n) is 13.5. The number of benzene rings is 3. The molecule has 7 rings (SSSR count). The lowest BCUT2D eigenvalue weighted by Crippen LogP contribution is -2.81. The molecule has 62 heavy (non-hydrogen) atoms. The molecule has 3 fully saturated rings. The minimum absolute atomic E-state index is 0.0465. The van der Waals surface area contributed by atoms with Crippen LogP contribution in [-0.2, 0) is 38.1 Å². The number of esters is 3. The molecule has 1 amide bonds. The van der Waals surface area contributed by atoms with Crippen LogP contribution in [0.4, 0.5) is 0 Å². The Hall–Kier alpha value is -5.67. The highest BCUT2D eigenvalue weighted by atomic mass is 16.6. The number of carbonyl (C=O) groups excluding carboxylic acids is 5. The number of hydrogen-bond acceptors (Lipinski definition) is 13. The monoisotopic (exact) mass is 851 g/mol. The molecule has 2 unspecified atom stereocenters. The molecule has 3 aromatic carbocycles. The van der Waals surface area contributed by atoms with Crippen LogP contribution in [0.15, 0.2) is 114 Å². The first kappa shape index (κ1) is 44.4. The summed E-state index contributed by atoms with van der Waals surface area (Å²) in [5.41, 5.74) is -6.34. The predicted molar refractivity (Wildman–Crippen MR) is 222 cm³/mol. The van der Waals surface area contributed by atoms with Gasteiger partial charge in [0, 0.05) is 30.7 Å². The van der Waals surface area contributed by atoms with Gasteiger partial charge in [0.25, 0.3) is 5.91 Å². The quantitative estimate of drug-likeness (QED) is 0.0894. The number of amides is 1. The van der Waals surface area contributed by atoms with Gasteiger partial charge in [-0.25, -0.2) is 9.59 Å². The van der Waals surface area contributed by atoms with Gasteiger partial charge in [-0.15, -0.1) is 0 Å². The van der Waals surface area contributed by atoms with Crippen molar-refractivity contribution in [1.82, 2.24) is 5.32 Å². The highest BCUT2D eigenvalue weighted by Crippen LogP contribution is 2.64. The highest BCUT2D eigenvalue weighted by Gasteiger charge is 2.78. The van der Waals surface area contributed by atoms with Crippen LogP contribution in [0.1, 0.15) is 86.7 Å². The molecular weight excluding hydrogens is 799 g/mol. The molecule has 4 N–H and O–H groups in total. The van der Waals surface area contributed by atoms with Crippen molar-refractivity contribution in [3.63, 3.8) is 0 Å². The summed E-state index contributed by atoms with van der Waals surface area (Å²) in [7, 11) is 0. The van der Waals surface area contributed by atoms with E-state index in [1.54, 1.807) is 107 Å². The smallest absolute Gasteiger partial charge is 0.338 e. The van der Waals surface area contributed by atoms with Crippen molar-refractivity contribution in [3.05, 3.63) is 131 Å². The lowest BCUT2D eigenvalue weighted by atomic mass is 9.44. The topological polar surface area (TPSA) is 204 Å². The number of ether oxygens (including phenoxy) is 5. The molecule has 0 aromatic heterocycles. The fourth-order valence-corrected chi connectivity index (χ4v) is 10.2. The maximum absolute atomic E-state index is 15.5. The number of nitrogens with one attached hydrogen (secondary N) is 1. The van der Waals surface area contributed by atoms with Crippen molar-refractivity contribution < 1.29 is 63.0 Å². The number of fused-ring (bicyclic) bond motifs is 5. The Morgan fingerprint density at radius 2 is 1.45 bits per heavy atom. The van der Waals surface area contributed by atoms with E-state index in [0.29, 0.717) is 5.56 Å². The highest BCUT2D eigenvalue weighted by molar-refractivity contribution is 5.96. The van der Waals surface area contributed by atoms with E-state index in [-0.39, 0.29) is 41.1 Å². The molecule has 0 radical (unpaired) electrons. The molecule has 2 bridgehead atoms. The van der Waals surface area contributed by atoms with Crippen LogP contribution in [0.3, 0.4) is 0 Å². The van der Waals surface area contributed by atoms with E-state index in [0.717, 1.165) is 6.92 Å². The summed E-state index contributed by atoms with van der Waals surface area (Å²) in [6.07, 6.45) is -9.85. The van der Waals surface area contributed by atoms with Gasteiger partial charge in [-0.2, -0.15) is 0 Å². The zero-order chi connectivity index (χ0) is 44.9. The van der Waals surface area contributed by atoms with Crippen LogP contribution in [0.5, 0.6) is 0 Å². The molecule has 1 heterocycles. The van der Waals surface area contributed by atoms with Crippen LogP contribution in [0.25, 0.3) is 0 Å². The number of aliphatic hydroxyl groups is 3. The maximum Gasteiger partial charge on any atom is 0.338 e. The molecule has 14 nitrogen and oxygen atoms in total. The number of rotatable bonds is 11. The SMILES string of the molecule is C=C(C)O[C@@]12CO[C@@H]1C[C@H](O)[C@@]1(C)C(=O)[C@H](OC(C)=O)C3=C(C)[C@@H](OC(=O)[C@H](O)C(NC(=O)c4ccccc4)c4ccccc4)C[C@@](O)([C@@H](OC(=O)c4ccccc4)C12)C3(C)C. The molecule has 0 spiro atoms. The maximum atomic E-state index is 15.5. The molecule has 11 atom stereocenters. The van der Waals surface area contributed by atoms with Crippen LogP contribution in [-0.4, -0.2) is 99.4 Å². The average Bonchev–Trinajstić information content (AvgIpc) is 3.24. The Kier molecular flexibility index (Phi) is 11.9. The standard InChI is InChI=1S/C48H53NO13/c1-26(2)62-47-25-58-34(47)23-33(51)46(7)39(47)41(61-43(55)31-21-15-10-16-22-31)48(57)24-32(27(3)35(45(48,5)6)38(40(46)53)59-28(4)50)60-44(56)37(52)36(29-17-11-8-12-18-29)49-42(54)30-19-13-9-14-20-30/h8-22,32-34,36-39,41,51-52,57H,1,23-25H2,2-7H3,(H,49,54)/t32-,33-,34+,36?,37+,38+,39?,41-,46+,47-,48+/m0/s1. The van der Waals surface area contributed by atoms with E-state index in [9.17, 15) is 34.5 Å². The number of Topliss-reactive ketones (excluding diaryl/α,β-unsaturated/α-hetero) is 1. The fraction of sp³-hybridized carbons (Fsp3) is 0.438. The minimum Gasteiger partial charge on any atom is -0.487 e. The number of hydrogen-bond donors (Lipinski definition) is 4. The van der Waals surface area contributed by atoms with Crippen molar-refractivity contribution in [1.29, 1.82) is 0 Å². The van der Waals surface area contributed by atoms with Crippen molar-refractivity contribution in [2.24, 2.45) is 16.7 Å². The third-order valence-corrected chi connectivity index (χ3v) is 13.5. The van der Waals surface area contributed by atoms with Gasteiger partial charge in [-0.3, -0.25) is 14.4 Å². The van der Waals surface area contributed by atoms with Crippen LogP contribution in [0, 0.1) is 16.7 Å². The molecule has 2 saturated carbocycles. The van der Waals surface area contributed by atoms with Crippen molar-refractivity contribution in [3.8, 4) is 0 Å². The average molecular weight is 852 g/mol. The lowest BCUT2D eigenvalue weighted by molar-refractivity contribution is -0.347. The summed E-state index contributed by atoms with van der Waals surface area (Å²) in [4.78, 5) is 70.7. The minimum atomic E-state index is -2.31. The van der Waals surface area contributed by atoms with Crippen molar-refractivity contribution in [2.75, 3.05) is 6.61 Å². The summed E-state index contributed by atoms with van der Waals surface area (Å²) in [6, 6.07) is 23.3. The van der Waals surface area contributed by atoms with Gasteiger partial charge >= 0.3 is 17.9 Å². The first-order valence-corrected chi connectivity index (χ1v) is 20.6.